The number of benzene rings is 2. The molecule has 2 rings (SSSR count). The molecule has 0 saturated carbocycles. The lowest BCUT2D eigenvalue weighted by molar-refractivity contribution is -0.138. The van der Waals surface area contributed by atoms with Crippen molar-refractivity contribution in [2.75, 3.05) is 7.05 Å². The van der Waals surface area contributed by atoms with Gasteiger partial charge in [0.25, 0.3) is 0 Å². The fourth-order valence-electron chi connectivity index (χ4n) is 3.11. The van der Waals surface area contributed by atoms with Crippen LogP contribution in [-0.2, 0) is 4.79 Å². The third kappa shape index (κ3) is 4.69. The Hall–Kier alpha value is -2.21. The van der Waals surface area contributed by atoms with Crippen LogP contribution >= 0.6 is 0 Å². The van der Waals surface area contributed by atoms with Crippen LogP contribution in [0.25, 0.3) is 0 Å². The van der Waals surface area contributed by atoms with Gasteiger partial charge in [-0.1, -0.05) is 74.0 Å². The summed E-state index contributed by atoms with van der Waals surface area (Å²) in [4.78, 5) is 14.3. The summed E-state index contributed by atoms with van der Waals surface area (Å²) in [6, 6.07) is 16.9. The summed E-state index contributed by atoms with van der Waals surface area (Å²) in [5, 5.41) is 21.1. The number of carbonyl (C=O) groups is 1. The molecule has 0 fully saturated rings. The first-order chi connectivity index (χ1) is 12.5. The number of hydrogen-bond donors (Lipinski definition) is 3. The van der Waals surface area contributed by atoms with Crippen LogP contribution in [0.4, 0.5) is 0 Å². The summed E-state index contributed by atoms with van der Waals surface area (Å²) in [5.74, 6) is -0.394. The molecule has 0 aromatic heterocycles. The Kier molecular flexibility index (Phi) is 7.33. The van der Waals surface area contributed by atoms with Crippen molar-refractivity contribution in [3.8, 4) is 0 Å². The largest absolute Gasteiger partial charge is 0.391 e. The van der Waals surface area contributed by atoms with Gasteiger partial charge in [0.2, 0.25) is 5.91 Å². The van der Waals surface area contributed by atoms with Crippen molar-refractivity contribution in [1.29, 1.82) is 0 Å². The maximum absolute atomic E-state index is 12.8. The number of nitrogens with zero attached hydrogens (tertiary/aromatic N) is 1. The number of likely N-dealkylation sites (N-methyl/N-ethyl adjacent to an activating group) is 1. The van der Waals surface area contributed by atoms with E-state index in [-0.39, 0.29) is 0 Å². The van der Waals surface area contributed by atoms with Gasteiger partial charge in [-0.05, 0) is 17.5 Å². The SMILES string of the molecule is CCC[C@@H](O)[C@H](N)C(=O)N(C)[C@H](c1ccccc1)[C@H](O)c1ccccc1. The molecule has 2 aromatic rings. The van der Waals surface area contributed by atoms with Gasteiger partial charge in [0, 0.05) is 7.05 Å². The molecular formula is C21H28N2O3. The highest BCUT2D eigenvalue weighted by Crippen LogP contribution is 2.33. The fraction of sp³-hybridized carbons (Fsp3) is 0.381. The second-order valence-corrected chi connectivity index (χ2v) is 6.54. The van der Waals surface area contributed by atoms with Gasteiger partial charge in [-0.15, -0.1) is 0 Å². The molecule has 0 saturated heterocycles. The summed E-state index contributed by atoms with van der Waals surface area (Å²) in [5.41, 5.74) is 7.49. The van der Waals surface area contributed by atoms with E-state index >= 15 is 0 Å². The Balaban J connectivity index is 2.33. The molecule has 0 unspecified atom stereocenters. The Morgan fingerprint density at radius 1 is 1.00 bits per heavy atom. The minimum absolute atomic E-state index is 0.394. The van der Waals surface area contributed by atoms with Crippen molar-refractivity contribution < 1.29 is 15.0 Å². The highest BCUT2D eigenvalue weighted by molar-refractivity contribution is 5.82. The van der Waals surface area contributed by atoms with Crippen molar-refractivity contribution in [3.05, 3.63) is 71.8 Å². The average molecular weight is 356 g/mol. The van der Waals surface area contributed by atoms with Gasteiger partial charge in [0.1, 0.15) is 12.1 Å². The van der Waals surface area contributed by atoms with E-state index in [1.54, 1.807) is 7.05 Å². The predicted octanol–water partition coefficient (Wildman–Crippen LogP) is 2.41. The van der Waals surface area contributed by atoms with Crippen LogP contribution in [0.1, 0.15) is 43.0 Å². The summed E-state index contributed by atoms with van der Waals surface area (Å²) in [6.07, 6.45) is -0.623. The minimum atomic E-state index is -1.02. The standard InChI is InChI=1S/C21H28N2O3/c1-3-10-17(24)18(22)21(26)23(2)19(15-11-6-4-7-12-15)20(25)16-13-8-5-9-14-16/h4-9,11-14,17-20,24-25H,3,10,22H2,1-2H3/t17-,18+,19-,20-/m1/s1. The van der Waals surface area contributed by atoms with Crippen molar-refractivity contribution in [1.82, 2.24) is 4.90 Å². The van der Waals surface area contributed by atoms with Crippen LogP contribution in [0.2, 0.25) is 0 Å². The van der Waals surface area contributed by atoms with Gasteiger partial charge >= 0.3 is 0 Å². The molecule has 0 aliphatic rings. The van der Waals surface area contributed by atoms with E-state index in [0.29, 0.717) is 12.0 Å². The molecule has 0 aliphatic heterocycles. The van der Waals surface area contributed by atoms with Gasteiger partial charge in [-0.25, -0.2) is 0 Å². The Morgan fingerprint density at radius 3 is 2.00 bits per heavy atom. The van der Waals surface area contributed by atoms with Crippen LogP contribution in [-0.4, -0.2) is 40.2 Å². The van der Waals surface area contributed by atoms with Crippen LogP contribution in [0.15, 0.2) is 60.7 Å². The van der Waals surface area contributed by atoms with Crippen molar-refractivity contribution in [2.45, 2.75) is 44.1 Å². The first kappa shape index (κ1) is 20.1. The number of nitrogens with two attached hydrogens (primary N) is 1. The zero-order chi connectivity index (χ0) is 19.1. The third-order valence-corrected chi connectivity index (χ3v) is 4.63. The number of carbonyl (C=O) groups excluding carboxylic acids is 1. The second kappa shape index (κ2) is 9.48. The third-order valence-electron chi connectivity index (χ3n) is 4.63. The Bertz CT molecular complexity index is 678. The molecule has 140 valence electrons. The van der Waals surface area contributed by atoms with Crippen molar-refractivity contribution in [3.63, 3.8) is 0 Å². The summed E-state index contributed by atoms with van der Waals surface area (Å²) in [6.45, 7) is 1.93. The van der Waals surface area contributed by atoms with E-state index in [2.05, 4.69) is 0 Å². The summed E-state index contributed by atoms with van der Waals surface area (Å²) in [7, 11) is 1.62. The highest BCUT2D eigenvalue weighted by atomic mass is 16.3. The first-order valence-corrected chi connectivity index (χ1v) is 8.95. The molecule has 0 spiro atoms. The van der Waals surface area contributed by atoms with Gasteiger partial charge in [-0.2, -0.15) is 0 Å². The number of aliphatic hydroxyl groups is 2. The molecule has 1 amide bonds. The van der Waals surface area contributed by atoms with E-state index in [1.165, 1.54) is 4.90 Å². The molecule has 2 aromatic carbocycles. The molecule has 4 atom stereocenters. The topological polar surface area (TPSA) is 86.8 Å². The molecule has 0 heterocycles. The van der Waals surface area contributed by atoms with Gasteiger partial charge in [-0.3, -0.25) is 4.79 Å². The minimum Gasteiger partial charge on any atom is -0.391 e. The lowest BCUT2D eigenvalue weighted by Gasteiger charge is -2.35. The van der Waals surface area contributed by atoms with Crippen LogP contribution in [0.3, 0.4) is 0 Å². The Morgan fingerprint density at radius 2 is 1.50 bits per heavy atom. The fourth-order valence-corrected chi connectivity index (χ4v) is 3.11. The van der Waals surface area contributed by atoms with E-state index in [1.807, 2.05) is 67.6 Å². The number of aliphatic hydroxyl groups excluding tert-OH is 2. The zero-order valence-electron chi connectivity index (χ0n) is 15.3. The van der Waals surface area contributed by atoms with Gasteiger partial charge < -0.3 is 20.8 Å². The number of hydrogen-bond acceptors (Lipinski definition) is 4. The smallest absolute Gasteiger partial charge is 0.242 e. The van der Waals surface area contributed by atoms with E-state index in [0.717, 1.165) is 12.0 Å². The van der Waals surface area contributed by atoms with Crippen LogP contribution < -0.4 is 5.73 Å². The van der Waals surface area contributed by atoms with Crippen LogP contribution in [0, 0.1) is 0 Å². The highest BCUT2D eigenvalue weighted by Gasteiger charge is 2.34. The maximum atomic E-state index is 12.8. The predicted molar refractivity (Wildman–Crippen MR) is 102 cm³/mol. The van der Waals surface area contributed by atoms with Crippen molar-refractivity contribution in [2.24, 2.45) is 5.73 Å². The Labute approximate surface area is 155 Å². The lowest BCUT2D eigenvalue weighted by atomic mass is 9.93. The summed E-state index contributed by atoms with van der Waals surface area (Å²) >= 11 is 0. The summed E-state index contributed by atoms with van der Waals surface area (Å²) < 4.78 is 0. The molecule has 5 heteroatoms. The van der Waals surface area contributed by atoms with Gasteiger partial charge in [0.15, 0.2) is 0 Å². The molecule has 5 nitrogen and oxygen atoms in total. The average Bonchev–Trinajstić information content (AvgIpc) is 2.68. The van der Waals surface area contributed by atoms with Gasteiger partial charge in [0.05, 0.1) is 12.1 Å². The van der Waals surface area contributed by atoms with Crippen LogP contribution in [0.5, 0.6) is 0 Å². The molecule has 0 radical (unpaired) electrons. The monoisotopic (exact) mass is 356 g/mol. The molecule has 26 heavy (non-hydrogen) atoms. The quantitative estimate of drug-likeness (QED) is 0.678. The van der Waals surface area contributed by atoms with E-state index in [9.17, 15) is 15.0 Å². The van der Waals surface area contributed by atoms with E-state index < -0.39 is 30.2 Å². The maximum Gasteiger partial charge on any atom is 0.242 e. The molecule has 4 N–H and O–H groups in total. The number of amides is 1. The normalized spacial score (nSPS) is 15.7. The zero-order valence-corrected chi connectivity index (χ0v) is 15.3. The molecule has 0 aliphatic carbocycles. The lowest BCUT2D eigenvalue weighted by Crippen LogP contribution is -2.50. The van der Waals surface area contributed by atoms with Crippen molar-refractivity contribution >= 4 is 5.91 Å². The first-order valence-electron chi connectivity index (χ1n) is 8.95. The molecular weight excluding hydrogens is 328 g/mol. The number of rotatable bonds is 8. The second-order valence-electron chi connectivity index (χ2n) is 6.54. The molecule has 0 bridgehead atoms. The van der Waals surface area contributed by atoms with E-state index in [4.69, 9.17) is 5.73 Å².